The number of aromatic nitrogens is 3. The summed E-state index contributed by atoms with van der Waals surface area (Å²) in [5.74, 6) is -0.0408. The zero-order valence-electron chi connectivity index (χ0n) is 12.5. The molecule has 0 spiro atoms. The Morgan fingerprint density at radius 1 is 1.50 bits per heavy atom. The van der Waals surface area contributed by atoms with E-state index in [1.54, 1.807) is 6.92 Å². The normalized spacial score (nSPS) is 19.2. The monoisotopic (exact) mass is 348 g/mol. The summed E-state index contributed by atoms with van der Waals surface area (Å²) < 4.78 is 24.4. The first-order valence-corrected chi connectivity index (χ1v) is 9.81. The van der Waals surface area contributed by atoms with Crippen molar-refractivity contribution in [2.24, 2.45) is 0 Å². The average Bonchev–Trinajstić information content (AvgIpc) is 2.92. The molecule has 124 valence electrons. The number of rotatable bonds is 6. The molecule has 0 aromatic carbocycles. The Balaban J connectivity index is 1.97. The number of sulfonamides is 1. The summed E-state index contributed by atoms with van der Waals surface area (Å²) in [6.07, 6.45) is 3.08. The summed E-state index contributed by atoms with van der Waals surface area (Å²) in [5.41, 5.74) is 0. The van der Waals surface area contributed by atoms with Gasteiger partial charge in [-0.3, -0.25) is 9.89 Å². The number of aliphatic carboxylic acids is 1. The number of carboxylic acid groups (broad SMARTS) is 1. The van der Waals surface area contributed by atoms with Crippen molar-refractivity contribution in [2.45, 2.75) is 42.5 Å². The number of aromatic amines is 1. The van der Waals surface area contributed by atoms with E-state index in [2.05, 4.69) is 15.2 Å². The van der Waals surface area contributed by atoms with Crippen molar-refractivity contribution in [2.75, 3.05) is 19.3 Å². The highest BCUT2D eigenvalue weighted by molar-refractivity contribution is 8.00. The third-order valence-corrected chi connectivity index (χ3v) is 6.20. The molecule has 22 heavy (non-hydrogen) atoms. The molecule has 0 unspecified atom stereocenters. The molecule has 2 rings (SSSR count). The second-order valence-corrected chi connectivity index (χ2v) is 8.44. The number of hydrogen-bond acceptors (Lipinski definition) is 6. The topological polar surface area (TPSA) is 116 Å². The number of H-pyrrole nitrogens is 1. The van der Waals surface area contributed by atoms with Gasteiger partial charge in [-0.05, 0) is 19.3 Å². The molecular formula is C12H20N4O4S2. The van der Waals surface area contributed by atoms with Crippen LogP contribution in [0, 0.1) is 0 Å². The molecule has 1 aromatic heterocycles. The number of nitrogens with one attached hydrogen (secondary N) is 1. The minimum atomic E-state index is -3.14. The second-order valence-electron chi connectivity index (χ2n) is 5.29. The molecule has 2 heterocycles. The van der Waals surface area contributed by atoms with Crippen molar-refractivity contribution in [1.82, 2.24) is 19.5 Å². The lowest BCUT2D eigenvalue weighted by Gasteiger charge is -2.28. The van der Waals surface area contributed by atoms with E-state index in [1.807, 2.05) is 0 Å². The molecule has 8 nitrogen and oxygen atoms in total. The Bertz CT molecular complexity index is 623. The van der Waals surface area contributed by atoms with Crippen LogP contribution >= 0.6 is 11.8 Å². The van der Waals surface area contributed by atoms with E-state index in [9.17, 15) is 13.2 Å². The van der Waals surface area contributed by atoms with Crippen molar-refractivity contribution < 1.29 is 18.3 Å². The highest BCUT2D eigenvalue weighted by Gasteiger charge is 2.28. The SMILES string of the molecule is CC[C@@H](Sc1n[nH]c(C2CCN(S(C)(=O)=O)CC2)n1)C(=O)O. The number of piperidine rings is 1. The maximum atomic E-state index is 11.5. The molecule has 0 bridgehead atoms. The van der Waals surface area contributed by atoms with Crippen LogP contribution in [-0.2, 0) is 14.8 Å². The van der Waals surface area contributed by atoms with Crippen LogP contribution in [0.2, 0.25) is 0 Å². The first-order chi connectivity index (χ1) is 10.3. The lowest BCUT2D eigenvalue weighted by Crippen LogP contribution is -2.37. The van der Waals surface area contributed by atoms with Gasteiger partial charge in [0.15, 0.2) is 0 Å². The summed E-state index contributed by atoms with van der Waals surface area (Å²) in [4.78, 5) is 15.4. The summed E-state index contributed by atoms with van der Waals surface area (Å²) in [6.45, 7) is 2.75. The molecule has 1 aliphatic rings. The molecule has 1 atom stereocenters. The molecule has 1 aliphatic heterocycles. The van der Waals surface area contributed by atoms with Crippen molar-refractivity contribution in [3.05, 3.63) is 5.82 Å². The maximum absolute atomic E-state index is 11.5. The first-order valence-electron chi connectivity index (χ1n) is 7.08. The van der Waals surface area contributed by atoms with Crippen LogP contribution in [0.1, 0.15) is 37.9 Å². The van der Waals surface area contributed by atoms with E-state index in [-0.39, 0.29) is 5.92 Å². The third-order valence-electron chi connectivity index (χ3n) is 3.69. The standard InChI is InChI=1S/C12H20N4O4S2/c1-3-9(11(17)18)21-12-13-10(14-15-12)8-4-6-16(7-5-8)22(2,19)20/h8-9H,3-7H2,1-2H3,(H,17,18)(H,13,14,15)/t9-/m1/s1. The number of hydrogen-bond donors (Lipinski definition) is 2. The highest BCUT2D eigenvalue weighted by Crippen LogP contribution is 2.29. The fourth-order valence-corrected chi connectivity index (χ4v) is 4.04. The Labute approximate surface area is 133 Å². The largest absolute Gasteiger partial charge is 0.480 e. The average molecular weight is 348 g/mol. The fraction of sp³-hybridized carbons (Fsp3) is 0.750. The van der Waals surface area contributed by atoms with E-state index in [0.717, 1.165) is 11.8 Å². The molecule has 1 aromatic rings. The van der Waals surface area contributed by atoms with E-state index >= 15 is 0 Å². The number of thioether (sulfide) groups is 1. The molecular weight excluding hydrogens is 328 g/mol. The molecule has 2 N–H and O–H groups in total. The summed E-state index contributed by atoms with van der Waals surface area (Å²) in [5, 5.41) is 15.8. The van der Waals surface area contributed by atoms with Gasteiger partial charge in [0.1, 0.15) is 11.1 Å². The van der Waals surface area contributed by atoms with Gasteiger partial charge in [0.05, 0.1) is 6.26 Å². The minimum Gasteiger partial charge on any atom is -0.480 e. The molecule has 0 amide bonds. The van der Waals surface area contributed by atoms with E-state index < -0.39 is 21.2 Å². The van der Waals surface area contributed by atoms with E-state index in [0.29, 0.717) is 43.3 Å². The second kappa shape index (κ2) is 6.97. The first kappa shape index (κ1) is 17.2. The highest BCUT2D eigenvalue weighted by atomic mass is 32.2. The maximum Gasteiger partial charge on any atom is 0.317 e. The van der Waals surface area contributed by atoms with Crippen molar-refractivity contribution >= 4 is 27.8 Å². The van der Waals surface area contributed by atoms with Gasteiger partial charge in [0.25, 0.3) is 0 Å². The van der Waals surface area contributed by atoms with Gasteiger partial charge in [-0.2, -0.15) is 0 Å². The van der Waals surface area contributed by atoms with Gasteiger partial charge in [0.2, 0.25) is 15.2 Å². The molecule has 0 aliphatic carbocycles. The molecule has 1 saturated heterocycles. The van der Waals surface area contributed by atoms with Crippen molar-refractivity contribution in [1.29, 1.82) is 0 Å². The Hall–Kier alpha value is -1.13. The van der Waals surface area contributed by atoms with Gasteiger partial charge in [0, 0.05) is 19.0 Å². The lowest BCUT2D eigenvalue weighted by atomic mass is 9.98. The summed E-state index contributed by atoms with van der Waals surface area (Å²) >= 11 is 1.13. The van der Waals surface area contributed by atoms with Crippen LogP contribution in [-0.4, -0.2) is 63.6 Å². The van der Waals surface area contributed by atoms with Gasteiger partial charge in [-0.1, -0.05) is 18.7 Å². The van der Waals surface area contributed by atoms with Gasteiger partial charge >= 0.3 is 5.97 Å². The smallest absolute Gasteiger partial charge is 0.317 e. The van der Waals surface area contributed by atoms with Crippen LogP contribution in [0.25, 0.3) is 0 Å². The predicted molar refractivity (Wildman–Crippen MR) is 82.3 cm³/mol. The molecule has 1 fully saturated rings. The predicted octanol–water partition coefficient (Wildman–Crippen LogP) is 0.899. The third kappa shape index (κ3) is 4.20. The van der Waals surface area contributed by atoms with Crippen LogP contribution in [0.15, 0.2) is 5.16 Å². The van der Waals surface area contributed by atoms with Gasteiger partial charge < -0.3 is 5.11 Å². The van der Waals surface area contributed by atoms with E-state index in [4.69, 9.17) is 5.11 Å². The zero-order chi connectivity index (χ0) is 16.3. The van der Waals surface area contributed by atoms with Crippen LogP contribution < -0.4 is 0 Å². The summed E-state index contributed by atoms with van der Waals surface area (Å²) in [6, 6.07) is 0. The summed E-state index contributed by atoms with van der Waals surface area (Å²) in [7, 11) is -3.14. The van der Waals surface area contributed by atoms with Crippen LogP contribution in [0.5, 0.6) is 0 Å². The van der Waals surface area contributed by atoms with Gasteiger partial charge in [-0.15, -0.1) is 5.10 Å². The Morgan fingerprint density at radius 2 is 2.14 bits per heavy atom. The Kier molecular flexibility index (Phi) is 5.45. The van der Waals surface area contributed by atoms with Crippen LogP contribution in [0.4, 0.5) is 0 Å². The number of carboxylic acids is 1. The molecule has 0 saturated carbocycles. The van der Waals surface area contributed by atoms with Gasteiger partial charge in [-0.25, -0.2) is 17.7 Å². The lowest BCUT2D eigenvalue weighted by molar-refractivity contribution is -0.136. The van der Waals surface area contributed by atoms with Crippen molar-refractivity contribution in [3.8, 4) is 0 Å². The zero-order valence-corrected chi connectivity index (χ0v) is 14.2. The quantitative estimate of drug-likeness (QED) is 0.734. The Morgan fingerprint density at radius 3 is 2.64 bits per heavy atom. The number of nitrogens with zero attached hydrogens (tertiary/aromatic N) is 3. The fourth-order valence-electron chi connectivity index (χ4n) is 2.39. The van der Waals surface area contributed by atoms with Crippen LogP contribution in [0.3, 0.4) is 0 Å². The number of carbonyl (C=O) groups is 1. The molecule has 10 heteroatoms. The van der Waals surface area contributed by atoms with E-state index in [1.165, 1.54) is 10.6 Å². The minimum absolute atomic E-state index is 0.129. The molecule has 0 radical (unpaired) electrons. The van der Waals surface area contributed by atoms with Crippen molar-refractivity contribution in [3.63, 3.8) is 0 Å².